The first-order valence-electron chi connectivity index (χ1n) is 4.69. The van der Waals surface area contributed by atoms with E-state index in [9.17, 15) is 0 Å². The molecule has 1 heteroatoms. The Morgan fingerprint density at radius 1 is 1.15 bits per heavy atom. The maximum Gasteiger partial charge on any atom is 0.118 e. The molecule has 0 atom stereocenters. The molecule has 2 rings (SSSR count). The molecule has 13 heavy (non-hydrogen) atoms. The van der Waals surface area contributed by atoms with E-state index in [1.807, 2.05) is 12.1 Å². The molecule has 0 saturated heterocycles. The Bertz CT molecular complexity index is 308. The highest BCUT2D eigenvalue weighted by molar-refractivity contribution is 5.29. The van der Waals surface area contributed by atoms with Crippen LogP contribution in [-0.4, -0.2) is 7.11 Å². The summed E-state index contributed by atoms with van der Waals surface area (Å²) in [6.45, 7) is 0. The fraction of sp³-hybridized carbons (Fsp3) is 0.333. The lowest BCUT2D eigenvalue weighted by molar-refractivity contribution is 0.414. The van der Waals surface area contributed by atoms with Crippen LogP contribution in [0.5, 0.6) is 5.75 Å². The van der Waals surface area contributed by atoms with Crippen LogP contribution in [0, 0.1) is 0 Å². The smallest absolute Gasteiger partial charge is 0.118 e. The lowest BCUT2D eigenvalue weighted by Gasteiger charge is -2.01. The van der Waals surface area contributed by atoms with Gasteiger partial charge in [-0.1, -0.05) is 23.8 Å². The largest absolute Gasteiger partial charge is 0.497 e. The number of allylic oxidation sites excluding steroid dienone is 2. The number of hydrogen-bond acceptors (Lipinski definition) is 1. The molecule has 1 aliphatic carbocycles. The van der Waals surface area contributed by atoms with Crippen molar-refractivity contribution in [1.29, 1.82) is 0 Å². The van der Waals surface area contributed by atoms with Crippen LogP contribution in [0.2, 0.25) is 0 Å². The Labute approximate surface area is 79.0 Å². The normalized spacial score (nSPS) is 13.8. The topological polar surface area (TPSA) is 9.23 Å². The van der Waals surface area contributed by atoms with Crippen molar-refractivity contribution in [2.75, 3.05) is 7.11 Å². The predicted octanol–water partition coefficient (Wildman–Crippen LogP) is 2.96. The molecule has 0 saturated carbocycles. The van der Waals surface area contributed by atoms with E-state index < -0.39 is 0 Å². The Hall–Kier alpha value is -1.24. The van der Waals surface area contributed by atoms with E-state index in [0.29, 0.717) is 0 Å². The predicted molar refractivity (Wildman–Crippen MR) is 54.0 cm³/mol. The first-order valence-corrected chi connectivity index (χ1v) is 4.69. The van der Waals surface area contributed by atoms with E-state index in [1.54, 1.807) is 12.7 Å². The highest BCUT2D eigenvalue weighted by atomic mass is 16.5. The molecule has 68 valence electrons. The molecular formula is C12H14O. The number of benzene rings is 1. The van der Waals surface area contributed by atoms with E-state index in [2.05, 4.69) is 18.2 Å². The van der Waals surface area contributed by atoms with E-state index in [-0.39, 0.29) is 0 Å². The molecule has 1 aromatic rings. The minimum Gasteiger partial charge on any atom is -0.497 e. The number of methoxy groups -OCH3 is 1. The van der Waals surface area contributed by atoms with Crippen molar-refractivity contribution in [2.24, 2.45) is 0 Å². The van der Waals surface area contributed by atoms with Crippen LogP contribution in [0.1, 0.15) is 18.4 Å². The lowest BCUT2D eigenvalue weighted by atomic mass is 10.1. The van der Waals surface area contributed by atoms with E-state index >= 15 is 0 Å². The van der Waals surface area contributed by atoms with Crippen LogP contribution in [0.4, 0.5) is 0 Å². The Morgan fingerprint density at radius 3 is 2.38 bits per heavy atom. The second-order valence-corrected chi connectivity index (χ2v) is 3.41. The van der Waals surface area contributed by atoms with Crippen molar-refractivity contribution in [3.05, 3.63) is 41.5 Å². The zero-order valence-electron chi connectivity index (χ0n) is 7.92. The molecule has 0 unspecified atom stereocenters. The SMILES string of the molecule is COc1ccc(CCC2=CC2)cc1. The summed E-state index contributed by atoms with van der Waals surface area (Å²) in [5.74, 6) is 0.939. The van der Waals surface area contributed by atoms with Gasteiger partial charge >= 0.3 is 0 Å². The first-order chi connectivity index (χ1) is 6.38. The van der Waals surface area contributed by atoms with Gasteiger partial charge in [-0.15, -0.1) is 0 Å². The summed E-state index contributed by atoms with van der Waals surface area (Å²) in [5.41, 5.74) is 3.00. The summed E-state index contributed by atoms with van der Waals surface area (Å²) in [7, 11) is 1.70. The molecule has 0 radical (unpaired) electrons. The average molecular weight is 174 g/mol. The molecule has 0 N–H and O–H groups in total. The Kier molecular flexibility index (Phi) is 2.35. The first kappa shape index (κ1) is 8.36. The molecule has 0 bridgehead atoms. The highest BCUT2D eigenvalue weighted by Crippen LogP contribution is 2.24. The maximum atomic E-state index is 5.10. The van der Waals surface area contributed by atoms with Crippen molar-refractivity contribution >= 4 is 0 Å². The zero-order valence-corrected chi connectivity index (χ0v) is 7.92. The molecule has 0 heterocycles. The average Bonchev–Trinajstić information content (AvgIpc) is 2.99. The van der Waals surface area contributed by atoms with Gasteiger partial charge in [0.2, 0.25) is 0 Å². The van der Waals surface area contributed by atoms with Crippen molar-refractivity contribution in [3.8, 4) is 5.75 Å². The molecule has 1 aliphatic rings. The minimum absolute atomic E-state index is 0.939. The van der Waals surface area contributed by atoms with Crippen LogP contribution < -0.4 is 4.74 Å². The van der Waals surface area contributed by atoms with Crippen LogP contribution in [0.25, 0.3) is 0 Å². The highest BCUT2D eigenvalue weighted by Gasteiger charge is 2.06. The van der Waals surface area contributed by atoms with Crippen molar-refractivity contribution < 1.29 is 4.74 Å². The summed E-state index contributed by atoms with van der Waals surface area (Å²) < 4.78 is 5.10. The van der Waals surface area contributed by atoms with Gasteiger partial charge in [0.1, 0.15) is 5.75 Å². The Balaban J connectivity index is 1.92. The van der Waals surface area contributed by atoms with Crippen LogP contribution >= 0.6 is 0 Å². The quantitative estimate of drug-likeness (QED) is 0.638. The van der Waals surface area contributed by atoms with E-state index in [1.165, 1.54) is 18.4 Å². The summed E-state index contributed by atoms with van der Waals surface area (Å²) in [4.78, 5) is 0. The molecule has 0 amide bonds. The summed E-state index contributed by atoms with van der Waals surface area (Å²) in [6, 6.07) is 8.33. The third kappa shape index (κ3) is 2.35. The van der Waals surface area contributed by atoms with E-state index in [0.717, 1.165) is 12.2 Å². The number of hydrogen-bond donors (Lipinski definition) is 0. The van der Waals surface area contributed by atoms with Gasteiger partial charge in [0, 0.05) is 0 Å². The van der Waals surface area contributed by atoms with Gasteiger partial charge < -0.3 is 4.74 Å². The second-order valence-electron chi connectivity index (χ2n) is 3.41. The van der Waals surface area contributed by atoms with Gasteiger partial charge in [0.25, 0.3) is 0 Å². The lowest BCUT2D eigenvalue weighted by Crippen LogP contribution is -1.86. The molecule has 1 aromatic carbocycles. The summed E-state index contributed by atoms with van der Waals surface area (Å²) >= 11 is 0. The zero-order chi connectivity index (χ0) is 9.10. The third-order valence-corrected chi connectivity index (χ3v) is 2.39. The molecule has 1 nitrogen and oxygen atoms in total. The summed E-state index contributed by atoms with van der Waals surface area (Å²) in [6.07, 6.45) is 5.93. The minimum atomic E-state index is 0.939. The van der Waals surface area contributed by atoms with Gasteiger partial charge in [-0.3, -0.25) is 0 Å². The van der Waals surface area contributed by atoms with Gasteiger partial charge in [0.15, 0.2) is 0 Å². The number of aryl methyl sites for hydroxylation is 1. The fourth-order valence-corrected chi connectivity index (χ4v) is 1.37. The van der Waals surface area contributed by atoms with Crippen molar-refractivity contribution in [3.63, 3.8) is 0 Å². The second kappa shape index (κ2) is 3.65. The van der Waals surface area contributed by atoms with Gasteiger partial charge in [-0.05, 0) is 37.0 Å². The van der Waals surface area contributed by atoms with E-state index in [4.69, 9.17) is 4.74 Å². The molecular weight excluding hydrogens is 160 g/mol. The van der Waals surface area contributed by atoms with Gasteiger partial charge in [-0.2, -0.15) is 0 Å². The monoisotopic (exact) mass is 174 g/mol. The Morgan fingerprint density at radius 2 is 1.85 bits per heavy atom. The van der Waals surface area contributed by atoms with Gasteiger partial charge in [-0.25, -0.2) is 0 Å². The van der Waals surface area contributed by atoms with Crippen molar-refractivity contribution in [2.45, 2.75) is 19.3 Å². The third-order valence-electron chi connectivity index (χ3n) is 2.39. The number of rotatable bonds is 4. The van der Waals surface area contributed by atoms with Gasteiger partial charge in [0.05, 0.1) is 7.11 Å². The molecule has 0 aliphatic heterocycles. The number of ether oxygens (including phenoxy) is 1. The van der Waals surface area contributed by atoms with Crippen molar-refractivity contribution in [1.82, 2.24) is 0 Å². The van der Waals surface area contributed by atoms with Crippen LogP contribution in [-0.2, 0) is 6.42 Å². The molecule has 0 spiro atoms. The molecule has 0 fully saturated rings. The molecule has 0 aromatic heterocycles. The summed E-state index contributed by atoms with van der Waals surface area (Å²) in [5, 5.41) is 0. The van der Waals surface area contributed by atoms with Crippen LogP contribution in [0.3, 0.4) is 0 Å². The standard InChI is InChI=1S/C12H14O/c1-13-12-8-6-11(7-9-12)5-4-10-2-3-10/h2,6-9H,3-5H2,1H3. The maximum absolute atomic E-state index is 5.10. The van der Waals surface area contributed by atoms with Crippen LogP contribution in [0.15, 0.2) is 35.9 Å². The fourth-order valence-electron chi connectivity index (χ4n) is 1.37.